The molecule has 1 heterocycles. The molecule has 60 heavy (non-hydrogen) atoms. The van der Waals surface area contributed by atoms with Crippen LogP contribution >= 0.6 is 0 Å². The largest absolute Gasteiger partial charge is 0.459 e. The zero-order valence-electron chi connectivity index (χ0n) is 36.7. The maximum atomic E-state index is 13.8. The van der Waals surface area contributed by atoms with Crippen LogP contribution in [0.25, 0.3) is 0 Å². The lowest BCUT2D eigenvalue weighted by Gasteiger charge is -2.34. The lowest BCUT2D eigenvalue weighted by atomic mass is 10.1. The second-order valence-electron chi connectivity index (χ2n) is 17.8. The predicted molar refractivity (Wildman–Crippen MR) is 222 cm³/mol. The van der Waals surface area contributed by atoms with Gasteiger partial charge in [-0.25, -0.2) is 4.79 Å². The number of amides is 2. The van der Waals surface area contributed by atoms with Crippen molar-refractivity contribution in [3.63, 3.8) is 0 Å². The van der Waals surface area contributed by atoms with Crippen LogP contribution in [-0.4, -0.2) is 157 Å². The molecule has 340 valence electrons. The number of nitrogens with one attached hydrogen (secondary N) is 2. The monoisotopic (exact) mass is 869 g/mol. The van der Waals surface area contributed by atoms with E-state index >= 15 is 0 Å². The van der Waals surface area contributed by atoms with Gasteiger partial charge in [0.15, 0.2) is 5.78 Å². The molecule has 2 rings (SSSR count). The normalized spacial score (nSPS) is 16.2. The maximum Gasteiger partial charge on any atom is 0.407 e. The van der Waals surface area contributed by atoms with Crippen LogP contribution in [0.3, 0.4) is 0 Å². The molecular formula is C41H67N5O13S. The highest BCUT2D eigenvalue weighted by molar-refractivity contribution is 7.85. The van der Waals surface area contributed by atoms with E-state index in [-0.39, 0.29) is 65.0 Å². The van der Waals surface area contributed by atoms with Crippen LogP contribution in [0.1, 0.15) is 93.6 Å². The van der Waals surface area contributed by atoms with Crippen LogP contribution in [0.15, 0.2) is 30.3 Å². The number of Topliss-reactive ketones (excluding diaryl/α,β-unsaturated/α-hetero) is 1. The van der Waals surface area contributed by atoms with E-state index in [1.807, 2.05) is 20.8 Å². The Morgan fingerprint density at radius 1 is 0.733 bits per heavy atom. The SMILES string of the molecule is CC(C)(C)OC(=O)CN1CCN(CC(=O)OC(C)(C)C)CCN(C(CCC(=O)N[C@@H](CS(=O)(=O)O)C(=O)CCCNC(=O)OCc2ccccc2)C(=O)OC(C)(C)C)CC1. The summed E-state index contributed by atoms with van der Waals surface area (Å²) in [6, 6.07) is 6.39. The summed E-state index contributed by atoms with van der Waals surface area (Å²) in [4.78, 5) is 83.8. The third-order valence-electron chi connectivity index (χ3n) is 8.63. The minimum Gasteiger partial charge on any atom is -0.459 e. The fourth-order valence-electron chi connectivity index (χ4n) is 6.08. The van der Waals surface area contributed by atoms with Crippen LogP contribution in [0.5, 0.6) is 0 Å². The van der Waals surface area contributed by atoms with E-state index in [2.05, 4.69) is 10.6 Å². The average molecular weight is 870 g/mol. The van der Waals surface area contributed by atoms with Gasteiger partial charge in [0, 0.05) is 58.7 Å². The first-order chi connectivity index (χ1) is 27.7. The van der Waals surface area contributed by atoms with Crippen LogP contribution < -0.4 is 10.6 Å². The standard InChI is InChI=1S/C41H67N5O13S/c1-39(2,3)57-35(49)26-44-20-21-45(27-36(50)58-40(4,5)6)23-25-46(24-22-44)32(37(51)59-41(7,8)9)17-18-34(48)43-31(29-60(53,54)55)33(47)16-13-19-42-38(52)56-28-30-14-11-10-12-15-30/h10-12,14-15,31-32H,13,16-29H2,1-9H3,(H,42,52)(H,43,48)(H,53,54,55)/t31-,32?/m0/s1. The molecule has 1 saturated heterocycles. The topological polar surface area (TPSA) is 227 Å². The molecule has 0 aliphatic carbocycles. The number of ketones is 1. The summed E-state index contributed by atoms with van der Waals surface area (Å²) in [5.41, 5.74) is -1.54. The highest BCUT2D eigenvalue weighted by Crippen LogP contribution is 2.18. The highest BCUT2D eigenvalue weighted by Gasteiger charge is 2.34. The fourth-order valence-corrected chi connectivity index (χ4v) is 6.77. The van der Waals surface area contributed by atoms with Crippen molar-refractivity contribution in [2.75, 3.05) is 64.7 Å². The average Bonchev–Trinajstić information content (AvgIpc) is 3.17. The molecule has 0 spiro atoms. The van der Waals surface area contributed by atoms with Crippen molar-refractivity contribution in [2.24, 2.45) is 0 Å². The number of hydrogen-bond donors (Lipinski definition) is 3. The lowest BCUT2D eigenvalue weighted by molar-refractivity contribution is -0.163. The number of esters is 3. The fraction of sp³-hybridized carbons (Fsp3) is 0.707. The molecule has 2 atom stereocenters. The molecule has 0 bridgehead atoms. The molecule has 1 aromatic rings. The van der Waals surface area contributed by atoms with Gasteiger partial charge in [0.2, 0.25) is 5.91 Å². The highest BCUT2D eigenvalue weighted by atomic mass is 32.2. The number of carbonyl (C=O) groups excluding carboxylic acids is 6. The first-order valence-corrected chi connectivity index (χ1v) is 21.9. The molecule has 18 nitrogen and oxygen atoms in total. The Hall–Kier alpha value is -4.17. The van der Waals surface area contributed by atoms with E-state index in [4.69, 9.17) is 18.9 Å². The number of carbonyl (C=O) groups is 6. The summed E-state index contributed by atoms with van der Waals surface area (Å²) in [5, 5.41) is 4.92. The summed E-state index contributed by atoms with van der Waals surface area (Å²) in [7, 11) is -4.72. The molecule has 0 saturated carbocycles. The van der Waals surface area contributed by atoms with E-state index in [9.17, 15) is 41.7 Å². The Labute approximate surface area is 355 Å². The van der Waals surface area contributed by atoms with E-state index in [0.29, 0.717) is 26.2 Å². The van der Waals surface area contributed by atoms with Gasteiger partial charge in [-0.1, -0.05) is 30.3 Å². The zero-order chi connectivity index (χ0) is 45.3. The minimum atomic E-state index is -4.72. The predicted octanol–water partition coefficient (Wildman–Crippen LogP) is 2.73. The van der Waals surface area contributed by atoms with Crippen molar-refractivity contribution in [2.45, 2.75) is 123 Å². The van der Waals surface area contributed by atoms with Gasteiger partial charge >= 0.3 is 24.0 Å². The number of ether oxygens (including phenoxy) is 4. The Balaban J connectivity index is 2.21. The van der Waals surface area contributed by atoms with Gasteiger partial charge in [0.25, 0.3) is 10.1 Å². The van der Waals surface area contributed by atoms with Crippen molar-refractivity contribution in [1.29, 1.82) is 0 Å². The molecule has 19 heteroatoms. The molecule has 1 unspecified atom stereocenters. The number of rotatable bonds is 19. The minimum absolute atomic E-state index is 0.0176. The molecule has 1 aliphatic rings. The number of hydrogen-bond acceptors (Lipinski definition) is 15. The van der Waals surface area contributed by atoms with Crippen molar-refractivity contribution >= 4 is 45.8 Å². The van der Waals surface area contributed by atoms with Crippen molar-refractivity contribution in [3.8, 4) is 0 Å². The van der Waals surface area contributed by atoms with Crippen LogP contribution in [0, 0.1) is 0 Å². The summed E-state index contributed by atoms with van der Waals surface area (Å²) < 4.78 is 55.4. The molecule has 0 radical (unpaired) electrons. The Morgan fingerprint density at radius 2 is 1.23 bits per heavy atom. The van der Waals surface area contributed by atoms with Crippen molar-refractivity contribution in [1.82, 2.24) is 25.3 Å². The van der Waals surface area contributed by atoms with E-state index in [1.165, 1.54) is 0 Å². The van der Waals surface area contributed by atoms with Gasteiger partial charge in [-0.05, 0) is 80.7 Å². The Morgan fingerprint density at radius 3 is 1.72 bits per heavy atom. The molecule has 2 amide bonds. The summed E-state index contributed by atoms with van der Waals surface area (Å²) in [5.74, 6) is -4.05. The molecule has 1 fully saturated rings. The molecule has 0 aromatic heterocycles. The summed E-state index contributed by atoms with van der Waals surface area (Å²) in [6.45, 7) is 17.6. The van der Waals surface area contributed by atoms with Crippen LogP contribution in [0.4, 0.5) is 4.79 Å². The van der Waals surface area contributed by atoms with Gasteiger partial charge in [-0.3, -0.25) is 43.2 Å². The molecular weight excluding hydrogens is 803 g/mol. The smallest absolute Gasteiger partial charge is 0.407 e. The summed E-state index contributed by atoms with van der Waals surface area (Å²) in [6.07, 6.45) is -1.32. The third kappa shape index (κ3) is 23.6. The van der Waals surface area contributed by atoms with E-state index in [0.717, 1.165) is 5.56 Å². The van der Waals surface area contributed by atoms with Crippen LogP contribution in [0.2, 0.25) is 0 Å². The quantitative estimate of drug-likeness (QED) is 0.0786. The summed E-state index contributed by atoms with van der Waals surface area (Å²) >= 11 is 0. The van der Waals surface area contributed by atoms with Gasteiger partial charge < -0.3 is 29.6 Å². The van der Waals surface area contributed by atoms with Crippen LogP contribution in [-0.2, 0) is 59.6 Å². The number of alkyl carbamates (subject to hydrolysis) is 1. The zero-order valence-corrected chi connectivity index (χ0v) is 37.6. The van der Waals surface area contributed by atoms with E-state index in [1.54, 1.807) is 86.6 Å². The maximum absolute atomic E-state index is 13.8. The second-order valence-corrected chi connectivity index (χ2v) is 19.3. The van der Waals surface area contributed by atoms with Gasteiger partial charge in [0.1, 0.15) is 41.2 Å². The Bertz CT molecular complexity index is 1650. The van der Waals surface area contributed by atoms with Crippen molar-refractivity contribution < 1.29 is 60.7 Å². The number of benzene rings is 1. The van der Waals surface area contributed by atoms with Crippen molar-refractivity contribution in [3.05, 3.63) is 35.9 Å². The molecule has 1 aromatic carbocycles. The third-order valence-corrected chi connectivity index (χ3v) is 9.39. The van der Waals surface area contributed by atoms with Gasteiger partial charge in [0.05, 0.1) is 13.1 Å². The van der Waals surface area contributed by atoms with E-state index < -0.39 is 80.4 Å². The first kappa shape index (κ1) is 52.0. The number of nitrogens with zero attached hydrogens (tertiary/aromatic N) is 3. The molecule has 1 aliphatic heterocycles. The van der Waals surface area contributed by atoms with Gasteiger partial charge in [-0.2, -0.15) is 8.42 Å². The van der Waals surface area contributed by atoms with Gasteiger partial charge in [-0.15, -0.1) is 0 Å². The second kappa shape index (κ2) is 23.7. The lowest BCUT2D eigenvalue weighted by Crippen LogP contribution is -2.50. The Kier molecular flexibility index (Phi) is 20.6. The first-order valence-electron chi connectivity index (χ1n) is 20.2. The molecule has 3 N–H and O–H groups in total.